The van der Waals surface area contributed by atoms with Gasteiger partial charge in [-0.15, -0.1) is 0 Å². The topological polar surface area (TPSA) is 67.1 Å². The Kier molecular flexibility index (Phi) is 5.41. The summed E-state index contributed by atoms with van der Waals surface area (Å²) in [5.41, 5.74) is 3.47. The van der Waals surface area contributed by atoms with Crippen molar-refractivity contribution in [3.63, 3.8) is 0 Å². The largest absolute Gasteiger partial charge is 0.497 e. The van der Waals surface area contributed by atoms with Crippen molar-refractivity contribution in [2.24, 2.45) is 0 Å². The lowest BCUT2D eigenvalue weighted by atomic mass is 9.93. The lowest BCUT2D eigenvalue weighted by Gasteiger charge is -2.31. The second-order valence-electron chi connectivity index (χ2n) is 6.94. The zero-order valence-corrected chi connectivity index (χ0v) is 16.4. The van der Waals surface area contributed by atoms with Crippen LogP contribution in [0.1, 0.15) is 34.9 Å². The molecule has 0 saturated carbocycles. The number of benzene rings is 2. The first-order valence-electron chi connectivity index (χ1n) is 9.33. The molecule has 28 heavy (non-hydrogen) atoms. The molecule has 0 saturated heterocycles. The Bertz CT molecular complexity index is 1060. The molecule has 0 spiro atoms. The summed E-state index contributed by atoms with van der Waals surface area (Å²) in [6.07, 6.45) is 1.98. The zero-order valence-electron chi connectivity index (χ0n) is 15.6. The van der Waals surface area contributed by atoms with Crippen LogP contribution in [0, 0.1) is 4.77 Å². The van der Waals surface area contributed by atoms with Crippen molar-refractivity contribution in [3.8, 4) is 5.75 Å². The average molecular weight is 394 g/mol. The smallest absolute Gasteiger partial charge is 0.258 e. The van der Waals surface area contributed by atoms with E-state index >= 15 is 0 Å². The number of hydrogen-bond acceptors (Lipinski definition) is 4. The van der Waals surface area contributed by atoms with Crippen molar-refractivity contribution in [3.05, 3.63) is 92.1 Å². The third-order valence-electron chi connectivity index (χ3n) is 5.10. The van der Waals surface area contributed by atoms with Crippen LogP contribution in [0.2, 0.25) is 0 Å². The maximum Gasteiger partial charge on any atom is 0.258 e. The normalized spacial score (nSPS) is 18.5. The molecule has 1 aromatic heterocycles. The van der Waals surface area contributed by atoms with Crippen molar-refractivity contribution < 1.29 is 9.47 Å². The number of aromatic nitrogens is 2. The van der Waals surface area contributed by atoms with Crippen LogP contribution >= 0.6 is 12.2 Å². The van der Waals surface area contributed by atoms with E-state index in [0.717, 1.165) is 29.8 Å². The molecule has 2 heterocycles. The quantitative estimate of drug-likeness (QED) is 0.639. The Morgan fingerprint density at radius 2 is 1.86 bits per heavy atom. The fourth-order valence-electron chi connectivity index (χ4n) is 3.68. The number of nitrogens with one attached hydrogen (secondary N) is 2. The van der Waals surface area contributed by atoms with Crippen LogP contribution in [0.5, 0.6) is 5.75 Å². The van der Waals surface area contributed by atoms with E-state index in [1.165, 1.54) is 5.56 Å². The number of rotatable bonds is 5. The summed E-state index contributed by atoms with van der Waals surface area (Å²) in [6, 6.07) is 18.0. The minimum absolute atomic E-state index is 0.00717. The average Bonchev–Trinajstić information content (AvgIpc) is 2.72. The van der Waals surface area contributed by atoms with Crippen molar-refractivity contribution in [2.45, 2.75) is 31.5 Å². The lowest BCUT2D eigenvalue weighted by Crippen LogP contribution is -2.34. The Labute approximate surface area is 168 Å². The van der Waals surface area contributed by atoms with Crippen molar-refractivity contribution >= 4 is 12.2 Å². The van der Waals surface area contributed by atoms with Gasteiger partial charge in [0.1, 0.15) is 11.9 Å². The summed E-state index contributed by atoms with van der Waals surface area (Å²) >= 11 is 5.18. The molecule has 144 valence electrons. The zero-order chi connectivity index (χ0) is 19.5. The number of methoxy groups -OCH3 is 1. The molecule has 0 bridgehead atoms. The summed E-state index contributed by atoms with van der Waals surface area (Å²) in [6.45, 7) is 0. The first kappa shape index (κ1) is 18.7. The van der Waals surface area contributed by atoms with Gasteiger partial charge in [0, 0.05) is 12.1 Å². The van der Waals surface area contributed by atoms with Gasteiger partial charge in [-0.1, -0.05) is 42.5 Å². The lowest BCUT2D eigenvalue weighted by molar-refractivity contribution is -0.0103. The molecule has 0 fully saturated rings. The van der Waals surface area contributed by atoms with Crippen molar-refractivity contribution in [2.75, 3.05) is 7.11 Å². The number of ether oxygens (including phenoxy) is 2. The molecule has 2 aromatic carbocycles. The molecule has 3 aromatic rings. The Morgan fingerprint density at radius 1 is 1.11 bits per heavy atom. The van der Waals surface area contributed by atoms with Crippen LogP contribution in [0.3, 0.4) is 0 Å². The number of fused-ring (bicyclic) bond motifs is 1. The fourth-order valence-corrected chi connectivity index (χ4v) is 3.90. The molecule has 4 rings (SSSR count). The highest BCUT2D eigenvalue weighted by Gasteiger charge is 2.31. The van der Waals surface area contributed by atoms with Crippen LogP contribution in [0.25, 0.3) is 0 Å². The van der Waals surface area contributed by atoms with Gasteiger partial charge in [0.2, 0.25) is 0 Å². The summed E-state index contributed by atoms with van der Waals surface area (Å²) in [5.74, 6) is 0.766. The third kappa shape index (κ3) is 3.93. The van der Waals surface area contributed by atoms with E-state index in [2.05, 4.69) is 22.1 Å². The SMILES string of the molecule is COc1ccc(C2OC(CCc3ccccc3)Cc3[nH]c(=S)[nH]c(=O)c32)cc1. The highest BCUT2D eigenvalue weighted by molar-refractivity contribution is 7.71. The molecular weight excluding hydrogens is 372 g/mol. The van der Waals surface area contributed by atoms with Gasteiger partial charge in [0.05, 0.1) is 18.8 Å². The molecule has 1 aliphatic rings. The monoisotopic (exact) mass is 394 g/mol. The highest BCUT2D eigenvalue weighted by atomic mass is 32.1. The summed E-state index contributed by atoms with van der Waals surface area (Å²) in [4.78, 5) is 18.5. The van der Waals surface area contributed by atoms with E-state index in [-0.39, 0.29) is 11.7 Å². The molecule has 2 N–H and O–H groups in total. The molecule has 5 nitrogen and oxygen atoms in total. The van der Waals surface area contributed by atoms with E-state index < -0.39 is 6.10 Å². The maximum absolute atomic E-state index is 12.6. The number of aryl methyl sites for hydroxylation is 1. The van der Waals surface area contributed by atoms with Gasteiger partial charge in [-0.25, -0.2) is 0 Å². The van der Waals surface area contributed by atoms with Gasteiger partial charge in [0.15, 0.2) is 4.77 Å². The molecule has 0 aliphatic carbocycles. The first-order chi connectivity index (χ1) is 13.6. The van der Waals surface area contributed by atoms with E-state index in [1.54, 1.807) is 7.11 Å². The third-order valence-corrected chi connectivity index (χ3v) is 5.30. The van der Waals surface area contributed by atoms with E-state index in [0.29, 0.717) is 16.8 Å². The summed E-state index contributed by atoms with van der Waals surface area (Å²) in [5, 5.41) is 0. The van der Waals surface area contributed by atoms with Gasteiger partial charge in [-0.05, 0) is 48.3 Å². The molecular formula is C22H22N2O3S. The number of hydrogen-bond donors (Lipinski definition) is 2. The Morgan fingerprint density at radius 3 is 2.57 bits per heavy atom. The molecule has 0 radical (unpaired) electrons. The molecule has 1 aliphatic heterocycles. The second-order valence-corrected chi connectivity index (χ2v) is 7.35. The molecule has 2 unspecified atom stereocenters. The summed E-state index contributed by atoms with van der Waals surface area (Å²) in [7, 11) is 1.63. The van der Waals surface area contributed by atoms with E-state index in [4.69, 9.17) is 21.7 Å². The van der Waals surface area contributed by atoms with Gasteiger partial charge in [-0.3, -0.25) is 9.78 Å². The summed E-state index contributed by atoms with van der Waals surface area (Å²) < 4.78 is 12.0. The van der Waals surface area contributed by atoms with E-state index in [9.17, 15) is 4.79 Å². The maximum atomic E-state index is 12.6. The molecule has 2 atom stereocenters. The first-order valence-corrected chi connectivity index (χ1v) is 9.73. The van der Waals surface area contributed by atoms with Crippen LogP contribution in [0.15, 0.2) is 59.4 Å². The van der Waals surface area contributed by atoms with Crippen molar-refractivity contribution in [1.29, 1.82) is 0 Å². The van der Waals surface area contributed by atoms with Crippen LogP contribution in [0.4, 0.5) is 0 Å². The minimum Gasteiger partial charge on any atom is -0.497 e. The highest BCUT2D eigenvalue weighted by Crippen LogP contribution is 2.34. The van der Waals surface area contributed by atoms with Crippen LogP contribution in [-0.4, -0.2) is 23.2 Å². The Hall–Kier alpha value is -2.70. The Balaban J connectivity index is 1.65. The van der Waals surface area contributed by atoms with Gasteiger partial charge < -0.3 is 14.5 Å². The van der Waals surface area contributed by atoms with Gasteiger partial charge in [0.25, 0.3) is 5.56 Å². The number of aromatic amines is 2. The van der Waals surface area contributed by atoms with Gasteiger partial charge in [-0.2, -0.15) is 0 Å². The van der Waals surface area contributed by atoms with Crippen molar-refractivity contribution in [1.82, 2.24) is 9.97 Å². The number of H-pyrrole nitrogens is 2. The standard InChI is InChI=1S/C22H22N2O3S/c1-26-16-11-8-15(9-12-16)20-19-18(23-22(28)24-21(19)25)13-17(27-20)10-7-14-5-3-2-4-6-14/h2-6,8-9,11-12,17,20H,7,10,13H2,1H3,(H2,23,24,25,28). The predicted octanol–water partition coefficient (Wildman–Crippen LogP) is 4.10. The van der Waals surface area contributed by atoms with Crippen LogP contribution < -0.4 is 10.3 Å². The van der Waals surface area contributed by atoms with E-state index in [1.807, 2.05) is 42.5 Å². The predicted molar refractivity (Wildman–Crippen MR) is 110 cm³/mol. The second kappa shape index (κ2) is 8.12. The fraction of sp³-hybridized carbons (Fsp3) is 0.273. The molecule has 0 amide bonds. The van der Waals surface area contributed by atoms with Gasteiger partial charge >= 0.3 is 0 Å². The molecule has 6 heteroatoms. The minimum atomic E-state index is -0.439. The van der Waals surface area contributed by atoms with Crippen LogP contribution in [-0.2, 0) is 17.6 Å².